The lowest BCUT2D eigenvalue weighted by Crippen LogP contribution is -2.31. The maximum atomic E-state index is 12.7. The molecule has 3 aromatic carbocycles. The third kappa shape index (κ3) is 4.26. The van der Waals surface area contributed by atoms with Crippen molar-refractivity contribution >= 4 is 46.5 Å². The number of aliphatic hydroxyl groups is 1. The van der Waals surface area contributed by atoms with Crippen LogP contribution in [0.3, 0.4) is 0 Å². The molecule has 0 saturated heterocycles. The number of nitrogens with zero attached hydrogens (tertiary/aromatic N) is 3. The van der Waals surface area contributed by atoms with E-state index in [1.165, 1.54) is 0 Å². The Labute approximate surface area is 218 Å². The molecule has 0 saturated carbocycles. The SMILES string of the molecule is Cl.Cn1cncc1C(O)(c1ccc(Cl)cc1)c1ccc2c(c1)c(-c1cccc(Cl)c1)cc(=O)n2C. The number of halogens is 3. The smallest absolute Gasteiger partial charge is 0.251 e. The van der Waals surface area contributed by atoms with Gasteiger partial charge in [-0.1, -0.05) is 53.5 Å². The minimum Gasteiger partial charge on any atom is -0.374 e. The number of imidazole rings is 1. The number of hydrogen-bond acceptors (Lipinski definition) is 3. The van der Waals surface area contributed by atoms with E-state index in [2.05, 4.69) is 4.98 Å². The molecule has 2 aromatic heterocycles. The number of aryl methyl sites for hydroxylation is 2. The van der Waals surface area contributed by atoms with Crippen molar-refractivity contribution in [1.29, 1.82) is 0 Å². The van der Waals surface area contributed by atoms with E-state index in [4.69, 9.17) is 23.2 Å². The molecule has 0 aliphatic heterocycles. The summed E-state index contributed by atoms with van der Waals surface area (Å²) in [7, 11) is 3.57. The molecule has 8 heteroatoms. The molecule has 35 heavy (non-hydrogen) atoms. The summed E-state index contributed by atoms with van der Waals surface area (Å²) in [6, 6.07) is 21.7. The van der Waals surface area contributed by atoms with E-state index in [0.29, 0.717) is 26.9 Å². The summed E-state index contributed by atoms with van der Waals surface area (Å²) in [6.45, 7) is 0. The highest BCUT2D eigenvalue weighted by Crippen LogP contribution is 2.39. The van der Waals surface area contributed by atoms with Gasteiger partial charge in [0.15, 0.2) is 5.60 Å². The number of rotatable bonds is 4. The van der Waals surface area contributed by atoms with Crippen molar-refractivity contribution in [3.05, 3.63) is 123 Å². The fourth-order valence-corrected chi connectivity index (χ4v) is 4.76. The van der Waals surface area contributed by atoms with Gasteiger partial charge in [-0.3, -0.25) is 4.79 Å². The van der Waals surface area contributed by atoms with Crippen LogP contribution in [0.15, 0.2) is 90.1 Å². The average Bonchev–Trinajstić information content (AvgIpc) is 3.27. The zero-order valence-corrected chi connectivity index (χ0v) is 21.3. The fraction of sp³-hybridized carbons (Fsp3) is 0.111. The van der Waals surface area contributed by atoms with Gasteiger partial charge >= 0.3 is 0 Å². The van der Waals surface area contributed by atoms with E-state index in [-0.39, 0.29) is 18.0 Å². The predicted molar refractivity (Wildman–Crippen MR) is 144 cm³/mol. The molecule has 0 radical (unpaired) electrons. The first-order valence-electron chi connectivity index (χ1n) is 10.6. The lowest BCUT2D eigenvalue weighted by Gasteiger charge is -2.30. The van der Waals surface area contributed by atoms with Gasteiger partial charge in [0.1, 0.15) is 0 Å². The fourth-order valence-electron chi connectivity index (χ4n) is 4.44. The molecule has 5 aromatic rings. The second-order valence-electron chi connectivity index (χ2n) is 8.30. The highest BCUT2D eigenvalue weighted by Gasteiger charge is 2.37. The van der Waals surface area contributed by atoms with E-state index >= 15 is 0 Å². The van der Waals surface area contributed by atoms with Crippen LogP contribution in [0.4, 0.5) is 0 Å². The largest absolute Gasteiger partial charge is 0.374 e. The molecular weight excluding hydrogens is 505 g/mol. The molecule has 1 N–H and O–H groups in total. The van der Waals surface area contributed by atoms with Gasteiger partial charge in [0.25, 0.3) is 5.56 Å². The van der Waals surface area contributed by atoms with Crippen LogP contribution in [0, 0.1) is 0 Å². The van der Waals surface area contributed by atoms with Crippen LogP contribution >= 0.6 is 35.6 Å². The Morgan fingerprint density at radius 2 is 1.60 bits per heavy atom. The lowest BCUT2D eigenvalue weighted by atomic mass is 9.82. The van der Waals surface area contributed by atoms with Crippen LogP contribution in [0.5, 0.6) is 0 Å². The Hall–Kier alpha value is -3.09. The first-order valence-corrected chi connectivity index (χ1v) is 11.4. The van der Waals surface area contributed by atoms with Crippen LogP contribution in [0.1, 0.15) is 16.8 Å². The normalized spacial score (nSPS) is 12.8. The van der Waals surface area contributed by atoms with Crippen LogP contribution in [-0.4, -0.2) is 19.2 Å². The van der Waals surface area contributed by atoms with E-state index in [1.807, 2.05) is 43.4 Å². The minimum absolute atomic E-state index is 0. The first-order chi connectivity index (χ1) is 16.3. The van der Waals surface area contributed by atoms with Crippen LogP contribution in [-0.2, 0) is 19.7 Å². The molecule has 0 amide bonds. The standard InChI is InChI=1S/C27H21Cl2N3O2.ClH/c1-31-16-30-15-25(31)27(34,18-6-9-20(28)10-7-18)19-8-11-24-23(13-19)22(14-26(33)32(24)2)17-4-3-5-21(29)12-17;/h3-16,34H,1-2H3;1H. The summed E-state index contributed by atoms with van der Waals surface area (Å²) < 4.78 is 3.38. The number of benzene rings is 3. The Kier molecular flexibility index (Phi) is 6.80. The second-order valence-corrected chi connectivity index (χ2v) is 9.18. The molecule has 0 aliphatic carbocycles. The molecule has 0 aliphatic rings. The Morgan fingerprint density at radius 1 is 0.886 bits per heavy atom. The van der Waals surface area contributed by atoms with Gasteiger partial charge in [-0.2, -0.15) is 0 Å². The molecule has 0 fully saturated rings. The summed E-state index contributed by atoms with van der Waals surface area (Å²) >= 11 is 12.4. The van der Waals surface area contributed by atoms with Crippen molar-refractivity contribution in [2.24, 2.45) is 14.1 Å². The average molecular weight is 527 g/mol. The lowest BCUT2D eigenvalue weighted by molar-refractivity contribution is 0.117. The summed E-state index contributed by atoms with van der Waals surface area (Å²) in [5.41, 5.74) is 2.55. The van der Waals surface area contributed by atoms with Gasteiger partial charge in [-0.05, 0) is 58.7 Å². The first kappa shape index (κ1) is 25.0. The molecule has 178 valence electrons. The minimum atomic E-state index is -1.51. The zero-order valence-electron chi connectivity index (χ0n) is 18.9. The third-order valence-corrected chi connectivity index (χ3v) is 6.74. The van der Waals surface area contributed by atoms with Crippen molar-refractivity contribution in [3.63, 3.8) is 0 Å². The summed E-state index contributed by atoms with van der Waals surface area (Å²) in [6.07, 6.45) is 3.30. The third-order valence-electron chi connectivity index (χ3n) is 6.25. The van der Waals surface area contributed by atoms with Gasteiger partial charge in [0.05, 0.1) is 23.7 Å². The van der Waals surface area contributed by atoms with E-state index in [1.54, 1.807) is 65.1 Å². The summed E-state index contributed by atoms with van der Waals surface area (Å²) in [5.74, 6) is 0. The van der Waals surface area contributed by atoms with E-state index in [9.17, 15) is 9.90 Å². The Morgan fingerprint density at radius 3 is 2.26 bits per heavy atom. The highest BCUT2D eigenvalue weighted by molar-refractivity contribution is 6.31. The zero-order chi connectivity index (χ0) is 24.0. The summed E-state index contributed by atoms with van der Waals surface area (Å²) in [5, 5.41) is 14.3. The monoisotopic (exact) mass is 525 g/mol. The second kappa shape index (κ2) is 9.51. The maximum absolute atomic E-state index is 12.7. The molecular formula is C27H22Cl3N3O2. The van der Waals surface area contributed by atoms with Crippen LogP contribution in [0.2, 0.25) is 10.0 Å². The molecule has 5 nitrogen and oxygen atoms in total. The highest BCUT2D eigenvalue weighted by atomic mass is 35.5. The van der Waals surface area contributed by atoms with Gasteiger partial charge in [0, 0.05) is 35.6 Å². The molecule has 0 bridgehead atoms. The predicted octanol–water partition coefficient (Wildman–Crippen LogP) is 5.95. The quantitative estimate of drug-likeness (QED) is 0.315. The molecule has 1 unspecified atom stereocenters. The van der Waals surface area contributed by atoms with E-state index in [0.717, 1.165) is 22.0 Å². The topological polar surface area (TPSA) is 60.0 Å². The van der Waals surface area contributed by atoms with Gasteiger partial charge < -0.3 is 14.2 Å². The van der Waals surface area contributed by atoms with Crippen molar-refractivity contribution in [2.75, 3.05) is 0 Å². The van der Waals surface area contributed by atoms with Crippen LogP contribution < -0.4 is 5.56 Å². The van der Waals surface area contributed by atoms with E-state index < -0.39 is 5.60 Å². The maximum Gasteiger partial charge on any atom is 0.251 e. The van der Waals surface area contributed by atoms with Crippen molar-refractivity contribution < 1.29 is 5.11 Å². The van der Waals surface area contributed by atoms with Crippen molar-refractivity contribution in [1.82, 2.24) is 14.1 Å². The van der Waals surface area contributed by atoms with Gasteiger partial charge in [-0.15, -0.1) is 12.4 Å². The molecule has 5 rings (SSSR count). The number of aromatic nitrogens is 3. The number of hydrogen-bond donors (Lipinski definition) is 1. The number of pyridine rings is 1. The Bertz CT molecular complexity index is 1590. The molecule has 0 spiro atoms. The van der Waals surface area contributed by atoms with Crippen molar-refractivity contribution in [2.45, 2.75) is 5.60 Å². The Balaban J connectivity index is 0.00000289. The van der Waals surface area contributed by atoms with Gasteiger partial charge in [-0.25, -0.2) is 4.98 Å². The van der Waals surface area contributed by atoms with Crippen molar-refractivity contribution in [3.8, 4) is 11.1 Å². The molecule has 2 heterocycles. The van der Waals surface area contributed by atoms with Gasteiger partial charge in [0.2, 0.25) is 0 Å². The summed E-state index contributed by atoms with van der Waals surface area (Å²) in [4.78, 5) is 17.0. The molecule has 1 atom stereocenters. The van der Waals surface area contributed by atoms with Crippen LogP contribution in [0.25, 0.3) is 22.0 Å². The number of fused-ring (bicyclic) bond motifs is 1.